The molecular formula is C6H12O13P2. The van der Waals surface area contributed by atoms with Crippen LogP contribution in [0.15, 0.2) is 0 Å². The summed E-state index contributed by atoms with van der Waals surface area (Å²) in [5.74, 6) is 0. The zero-order valence-electron chi connectivity index (χ0n) is 10.3. The molecular weight excluding hydrogens is 342 g/mol. The van der Waals surface area contributed by atoms with Gasteiger partial charge in [0.2, 0.25) is 0 Å². The number of phosphoric acid groups is 2. The number of hydrogen-bond acceptors (Lipinski definition) is 11. The Morgan fingerprint density at radius 2 is 1.19 bits per heavy atom. The lowest BCUT2D eigenvalue weighted by molar-refractivity contribution is -0.377. The molecule has 21 heavy (non-hydrogen) atoms. The average Bonchev–Trinajstić information content (AvgIpc) is 2.38. The maximum Gasteiger partial charge on any atom is 0.492 e. The lowest BCUT2D eigenvalue weighted by atomic mass is 11.1. The Balaban J connectivity index is 2.01. The van der Waals surface area contributed by atoms with Crippen molar-refractivity contribution >= 4 is 15.6 Å². The van der Waals surface area contributed by atoms with Crippen LogP contribution in [0.3, 0.4) is 0 Å². The summed E-state index contributed by atoms with van der Waals surface area (Å²) >= 11 is 0. The first-order valence-corrected chi connectivity index (χ1v) is 8.21. The molecule has 0 amide bonds. The van der Waals surface area contributed by atoms with Crippen LogP contribution in [0.5, 0.6) is 0 Å². The molecule has 2 aliphatic heterocycles. The van der Waals surface area contributed by atoms with Gasteiger partial charge in [-0.2, -0.15) is 4.31 Å². The molecule has 2 saturated heterocycles. The molecule has 2 N–H and O–H groups in total. The zero-order chi connectivity index (χ0) is 15.3. The van der Waals surface area contributed by atoms with Gasteiger partial charge < -0.3 is 38.2 Å². The maximum absolute atomic E-state index is 12.2. The van der Waals surface area contributed by atoms with Gasteiger partial charge in [-0.1, -0.05) is 0 Å². The Morgan fingerprint density at radius 3 is 1.52 bits per heavy atom. The van der Waals surface area contributed by atoms with Gasteiger partial charge in [0.15, 0.2) is 27.2 Å². The Bertz CT molecular complexity index is 385. The van der Waals surface area contributed by atoms with Crippen LogP contribution in [0.4, 0.5) is 0 Å². The summed E-state index contributed by atoms with van der Waals surface area (Å²) in [5.41, 5.74) is 0. The van der Waals surface area contributed by atoms with E-state index in [0.29, 0.717) is 0 Å². The summed E-state index contributed by atoms with van der Waals surface area (Å²) < 4.78 is 64.5. The number of phosphoric ester groups is 1. The number of ether oxygens (including phenoxy) is 6. The van der Waals surface area contributed by atoms with Gasteiger partial charge in [0, 0.05) is 0 Å². The largest absolute Gasteiger partial charge is 0.492 e. The third-order valence-corrected chi connectivity index (χ3v) is 4.30. The molecule has 2 heterocycles. The lowest BCUT2D eigenvalue weighted by Crippen LogP contribution is -2.31. The molecule has 0 atom stereocenters. The summed E-state index contributed by atoms with van der Waals surface area (Å²) in [6.45, 7) is -4.21. The van der Waals surface area contributed by atoms with Crippen LogP contribution in [0, 0.1) is 0 Å². The van der Waals surface area contributed by atoms with E-state index >= 15 is 0 Å². The van der Waals surface area contributed by atoms with Crippen LogP contribution >= 0.6 is 15.6 Å². The van der Waals surface area contributed by atoms with Gasteiger partial charge in [-0.15, -0.1) is 0 Å². The van der Waals surface area contributed by atoms with Crippen molar-refractivity contribution in [1.29, 1.82) is 0 Å². The minimum atomic E-state index is -5.22. The van der Waals surface area contributed by atoms with Gasteiger partial charge in [0.25, 0.3) is 13.0 Å². The van der Waals surface area contributed by atoms with Gasteiger partial charge in [-0.05, 0) is 0 Å². The minimum absolute atomic E-state index is 0.259. The summed E-state index contributed by atoms with van der Waals surface area (Å²) in [6.07, 6.45) is 0. The topological polar surface area (TPSA) is 158 Å². The van der Waals surface area contributed by atoms with E-state index < -0.39 is 28.6 Å². The monoisotopic (exact) mass is 354 g/mol. The number of hydrogen-bond donors (Lipinski definition) is 2. The third kappa shape index (κ3) is 6.34. The average molecular weight is 354 g/mol. The smallest absolute Gasteiger partial charge is 0.329 e. The van der Waals surface area contributed by atoms with Crippen LogP contribution in [-0.2, 0) is 50.9 Å². The molecule has 124 valence electrons. The highest BCUT2D eigenvalue weighted by Gasteiger charge is 2.43. The Hall–Kier alpha value is 0.0200. The van der Waals surface area contributed by atoms with Gasteiger partial charge in [-0.3, -0.25) is 0 Å². The van der Waals surface area contributed by atoms with Crippen molar-refractivity contribution < 1.29 is 60.7 Å². The Morgan fingerprint density at radius 1 is 0.810 bits per heavy atom. The predicted molar refractivity (Wildman–Crippen MR) is 56.5 cm³/mol. The van der Waals surface area contributed by atoms with Crippen molar-refractivity contribution in [2.24, 2.45) is 0 Å². The second-order valence-corrected chi connectivity index (χ2v) is 6.30. The van der Waals surface area contributed by atoms with Crippen molar-refractivity contribution in [3.8, 4) is 0 Å². The van der Waals surface area contributed by atoms with E-state index in [1.54, 1.807) is 0 Å². The predicted octanol–water partition coefficient (Wildman–Crippen LogP) is -0.239. The first-order chi connectivity index (χ1) is 9.86. The molecule has 2 aliphatic rings. The molecule has 0 aromatic rings. The molecule has 2 fully saturated rings. The van der Waals surface area contributed by atoms with E-state index in [-0.39, 0.29) is 27.2 Å². The van der Waals surface area contributed by atoms with Crippen LogP contribution in [-0.4, -0.2) is 49.9 Å². The lowest BCUT2D eigenvalue weighted by Gasteiger charge is -2.29. The minimum Gasteiger partial charge on any atom is -0.329 e. The summed E-state index contributed by atoms with van der Waals surface area (Å²) in [6, 6.07) is 0. The van der Waals surface area contributed by atoms with Gasteiger partial charge in [0.1, 0.15) is 0 Å². The molecule has 0 aromatic carbocycles. The SMILES string of the molecule is O=P(O)(O)OP(=O)(OC1OCOCO1)OC1OCOCO1. The molecule has 0 bridgehead atoms. The fraction of sp³-hybridized carbons (Fsp3) is 1.00. The highest BCUT2D eigenvalue weighted by Crippen LogP contribution is 2.62. The second-order valence-electron chi connectivity index (χ2n) is 3.35. The van der Waals surface area contributed by atoms with Gasteiger partial charge in [-0.25, -0.2) is 18.2 Å². The summed E-state index contributed by atoms with van der Waals surface area (Å²) in [5, 5.41) is 0. The van der Waals surface area contributed by atoms with Gasteiger partial charge in [0.05, 0.1) is 0 Å². The molecule has 13 nitrogen and oxygen atoms in total. The molecule has 15 heteroatoms. The zero-order valence-corrected chi connectivity index (χ0v) is 12.1. The Labute approximate surface area is 117 Å². The highest BCUT2D eigenvalue weighted by molar-refractivity contribution is 7.61. The van der Waals surface area contributed by atoms with Crippen LogP contribution in [0.2, 0.25) is 0 Å². The molecule has 0 aromatic heterocycles. The van der Waals surface area contributed by atoms with Crippen molar-refractivity contribution in [3.63, 3.8) is 0 Å². The molecule has 2 rings (SSSR count). The standard InChI is InChI=1S/C6H12O13P2/c7-20(8,9)19-21(10,17-5-13-1-11-2-14-5)18-6-15-3-12-4-16-6/h5-6H,1-4H2,(H2,7,8,9). The fourth-order valence-corrected chi connectivity index (χ4v) is 3.17. The Kier molecular flexibility index (Phi) is 6.23. The highest BCUT2D eigenvalue weighted by atomic mass is 31.3. The molecule has 0 radical (unpaired) electrons. The van der Waals surface area contributed by atoms with Crippen LogP contribution in [0.25, 0.3) is 0 Å². The number of rotatable bonds is 6. The first kappa shape index (κ1) is 17.4. The second kappa shape index (κ2) is 7.53. The normalized spacial score (nSPS) is 23.3. The third-order valence-electron chi connectivity index (χ3n) is 1.79. The molecule has 0 aliphatic carbocycles. The maximum atomic E-state index is 12.2. The fourth-order valence-electron chi connectivity index (χ4n) is 1.11. The van der Waals surface area contributed by atoms with Crippen molar-refractivity contribution in [1.82, 2.24) is 0 Å². The van der Waals surface area contributed by atoms with E-state index in [4.69, 9.17) is 28.7 Å². The van der Waals surface area contributed by atoms with Crippen molar-refractivity contribution in [2.75, 3.05) is 27.2 Å². The molecule has 0 saturated carbocycles. The van der Waals surface area contributed by atoms with E-state index in [0.717, 1.165) is 0 Å². The van der Waals surface area contributed by atoms with E-state index in [1.165, 1.54) is 0 Å². The molecule has 0 unspecified atom stereocenters. The van der Waals surface area contributed by atoms with Crippen molar-refractivity contribution in [3.05, 3.63) is 0 Å². The van der Waals surface area contributed by atoms with E-state index in [9.17, 15) is 9.13 Å². The van der Waals surface area contributed by atoms with Crippen molar-refractivity contribution in [2.45, 2.75) is 13.0 Å². The molecule has 0 spiro atoms. The quantitative estimate of drug-likeness (QED) is 0.603. The van der Waals surface area contributed by atoms with E-state index in [1.807, 2.05) is 0 Å². The summed E-state index contributed by atoms with van der Waals surface area (Å²) in [7, 11) is -10.1. The van der Waals surface area contributed by atoms with Crippen LogP contribution < -0.4 is 0 Å². The van der Waals surface area contributed by atoms with Crippen LogP contribution in [0.1, 0.15) is 0 Å². The van der Waals surface area contributed by atoms with Gasteiger partial charge >= 0.3 is 15.6 Å². The summed E-state index contributed by atoms with van der Waals surface area (Å²) in [4.78, 5) is 17.5. The first-order valence-electron chi connectivity index (χ1n) is 5.22. The van der Waals surface area contributed by atoms with E-state index in [2.05, 4.69) is 22.8 Å².